The van der Waals surface area contributed by atoms with Crippen molar-refractivity contribution in [3.8, 4) is 0 Å². The monoisotopic (exact) mass is 508 g/mol. The Morgan fingerprint density at radius 2 is 1.09 bits per heavy atom. The van der Waals surface area contributed by atoms with E-state index in [1.165, 1.54) is 26.0 Å². The van der Waals surface area contributed by atoms with Gasteiger partial charge in [-0.05, 0) is 51.7 Å². The summed E-state index contributed by atoms with van der Waals surface area (Å²) < 4.78 is 19.9. The smallest absolute Gasteiger partial charge is 0.355 e. The molecule has 0 fully saturated rings. The average molecular weight is 509 g/mol. The molecule has 0 unspecified atom stereocenters. The molecule has 0 bridgehead atoms. The fourth-order valence-electron chi connectivity index (χ4n) is 3.59. The number of methoxy groups -OCH3 is 2. The van der Waals surface area contributed by atoms with Gasteiger partial charge in [0.1, 0.15) is 11.4 Å². The second-order valence-corrected chi connectivity index (χ2v) is 8.58. The zero-order valence-electron chi connectivity index (χ0n) is 20.9. The molecule has 0 aromatic carbocycles. The number of aryl methyl sites for hydroxylation is 2. The Morgan fingerprint density at radius 1 is 0.714 bits per heavy atom. The average Bonchev–Trinajstić information content (AvgIpc) is 3.32. The van der Waals surface area contributed by atoms with E-state index in [0.717, 1.165) is 9.79 Å². The Labute approximate surface area is 208 Å². The van der Waals surface area contributed by atoms with Crippen LogP contribution in [0.25, 0.3) is 0 Å². The van der Waals surface area contributed by atoms with Gasteiger partial charge >= 0.3 is 23.9 Å². The third-order valence-corrected chi connectivity index (χ3v) is 6.75. The van der Waals surface area contributed by atoms with Crippen LogP contribution < -0.4 is 0 Å². The minimum absolute atomic E-state index is 0.0726. The van der Waals surface area contributed by atoms with E-state index in [2.05, 4.69) is 9.97 Å². The molecule has 0 radical (unpaired) electrons. The van der Waals surface area contributed by atoms with Gasteiger partial charge in [-0.15, -0.1) is 0 Å². The molecule has 0 atom stereocenters. The van der Waals surface area contributed by atoms with Crippen molar-refractivity contribution in [3.05, 3.63) is 33.9 Å². The number of carbonyl (C=O) groups excluding carboxylic acids is 4. The van der Waals surface area contributed by atoms with Gasteiger partial charge in [-0.3, -0.25) is 9.59 Å². The van der Waals surface area contributed by atoms with E-state index in [9.17, 15) is 19.2 Å². The maximum atomic E-state index is 12.6. The molecule has 0 aliphatic heterocycles. The number of H-pyrrole nitrogens is 2. The van der Waals surface area contributed by atoms with Crippen LogP contribution in [0.15, 0.2) is 9.79 Å². The summed E-state index contributed by atoms with van der Waals surface area (Å²) in [6.45, 7) is 7.46. The van der Waals surface area contributed by atoms with E-state index < -0.39 is 23.9 Å². The van der Waals surface area contributed by atoms with E-state index in [0.29, 0.717) is 22.5 Å². The van der Waals surface area contributed by atoms with Crippen LogP contribution in [0, 0.1) is 13.8 Å². The van der Waals surface area contributed by atoms with Gasteiger partial charge < -0.3 is 28.9 Å². The minimum atomic E-state index is -0.522. The number of ether oxygens (including phenoxy) is 4. The second-order valence-electron chi connectivity index (χ2n) is 7.56. The first-order valence-corrected chi connectivity index (χ1v) is 12.1. The van der Waals surface area contributed by atoms with Gasteiger partial charge in [0.25, 0.3) is 0 Å². The summed E-state index contributed by atoms with van der Waals surface area (Å²) in [7, 11) is 2.61. The lowest BCUT2D eigenvalue weighted by atomic mass is 10.1. The van der Waals surface area contributed by atoms with Crippen LogP contribution in [0.1, 0.15) is 70.2 Å². The molecular formula is C24H32N2O8S. The highest BCUT2D eigenvalue weighted by atomic mass is 32.2. The van der Waals surface area contributed by atoms with Crippen LogP contribution in [0.2, 0.25) is 0 Å². The highest BCUT2D eigenvalue weighted by Crippen LogP contribution is 2.41. The predicted molar refractivity (Wildman–Crippen MR) is 128 cm³/mol. The maximum Gasteiger partial charge on any atom is 0.355 e. The quantitative estimate of drug-likeness (QED) is 0.325. The molecule has 2 rings (SSSR count). The standard InChI is InChI=1S/C24H32N2O8S/c1-7-33-23(29)19-15(9-11-17(27)31-5)21(13(3)25-19)35-22-14(4)26-20(24(30)34-8-2)16(22)10-12-18(28)32-6/h25-26H,7-12H2,1-6H3. The molecule has 35 heavy (non-hydrogen) atoms. The number of nitrogens with one attached hydrogen (secondary N) is 2. The largest absolute Gasteiger partial charge is 0.469 e. The molecule has 0 amide bonds. The summed E-state index contributed by atoms with van der Waals surface area (Å²) in [5.41, 5.74) is 3.18. The van der Waals surface area contributed by atoms with Gasteiger partial charge in [0.05, 0.1) is 27.4 Å². The molecule has 0 aliphatic carbocycles. The number of hydrogen-bond donors (Lipinski definition) is 2. The Balaban J connectivity index is 2.57. The fraction of sp³-hybridized carbons (Fsp3) is 0.500. The molecule has 0 aliphatic rings. The Hall–Kier alpha value is -3.21. The van der Waals surface area contributed by atoms with Crippen molar-refractivity contribution in [1.29, 1.82) is 0 Å². The third kappa shape index (κ3) is 6.91. The van der Waals surface area contributed by atoms with Gasteiger partial charge in [-0.2, -0.15) is 0 Å². The lowest BCUT2D eigenvalue weighted by molar-refractivity contribution is -0.141. The number of carbonyl (C=O) groups is 4. The molecule has 0 spiro atoms. The van der Waals surface area contributed by atoms with Gasteiger partial charge in [-0.25, -0.2) is 9.59 Å². The van der Waals surface area contributed by atoms with Crippen molar-refractivity contribution in [2.45, 2.75) is 63.2 Å². The molecule has 2 aromatic heterocycles. The highest BCUT2D eigenvalue weighted by Gasteiger charge is 2.27. The first kappa shape index (κ1) is 28.0. The number of esters is 4. The molecule has 2 aromatic rings. The normalized spacial score (nSPS) is 10.7. The summed E-state index contributed by atoms with van der Waals surface area (Å²) in [6, 6.07) is 0. The third-order valence-electron chi connectivity index (χ3n) is 5.23. The topological polar surface area (TPSA) is 137 Å². The zero-order valence-corrected chi connectivity index (χ0v) is 21.7. The number of aromatic nitrogens is 2. The summed E-state index contributed by atoms with van der Waals surface area (Å²) in [6.07, 6.45) is 0.644. The van der Waals surface area contributed by atoms with Crippen molar-refractivity contribution in [2.75, 3.05) is 27.4 Å². The van der Waals surface area contributed by atoms with Crippen molar-refractivity contribution < 1.29 is 38.1 Å². The molecule has 192 valence electrons. The van der Waals surface area contributed by atoms with E-state index in [1.54, 1.807) is 13.8 Å². The van der Waals surface area contributed by atoms with Crippen molar-refractivity contribution >= 4 is 35.6 Å². The highest BCUT2D eigenvalue weighted by molar-refractivity contribution is 7.99. The molecule has 2 heterocycles. The predicted octanol–water partition coefficient (Wildman–Crippen LogP) is 3.68. The summed E-state index contributed by atoms with van der Waals surface area (Å²) in [5.74, 6) is -1.86. The van der Waals surface area contributed by atoms with E-state index in [-0.39, 0.29) is 50.3 Å². The molecule has 11 heteroatoms. The number of rotatable bonds is 12. The number of aromatic amines is 2. The first-order valence-electron chi connectivity index (χ1n) is 11.3. The van der Waals surface area contributed by atoms with Gasteiger partial charge in [0.2, 0.25) is 0 Å². The SMILES string of the molecule is CCOC(=O)c1[nH]c(C)c(Sc2c(C)[nH]c(C(=O)OCC)c2CCC(=O)OC)c1CCC(=O)OC. The lowest BCUT2D eigenvalue weighted by Crippen LogP contribution is -2.10. The van der Waals surface area contributed by atoms with Crippen LogP contribution in [-0.4, -0.2) is 61.3 Å². The lowest BCUT2D eigenvalue weighted by Gasteiger charge is -2.10. The van der Waals surface area contributed by atoms with Crippen molar-refractivity contribution in [2.24, 2.45) is 0 Å². The van der Waals surface area contributed by atoms with Gasteiger partial charge in [0.15, 0.2) is 0 Å². The van der Waals surface area contributed by atoms with Gasteiger partial charge in [0, 0.05) is 34.0 Å². The maximum absolute atomic E-state index is 12.6. The Bertz CT molecular complexity index is 1000. The van der Waals surface area contributed by atoms with E-state index in [1.807, 2.05) is 13.8 Å². The van der Waals surface area contributed by atoms with Crippen molar-refractivity contribution in [3.63, 3.8) is 0 Å². The second kappa shape index (κ2) is 13.0. The molecule has 0 saturated heterocycles. The summed E-state index contributed by atoms with van der Waals surface area (Å²) in [4.78, 5) is 56.5. The van der Waals surface area contributed by atoms with Crippen LogP contribution >= 0.6 is 11.8 Å². The molecule has 10 nitrogen and oxygen atoms in total. The minimum Gasteiger partial charge on any atom is -0.469 e. The van der Waals surface area contributed by atoms with Gasteiger partial charge in [-0.1, -0.05) is 11.8 Å². The summed E-state index contributed by atoms with van der Waals surface area (Å²) in [5, 5.41) is 0. The molecule has 0 saturated carbocycles. The zero-order chi connectivity index (χ0) is 26.1. The van der Waals surface area contributed by atoms with E-state index in [4.69, 9.17) is 18.9 Å². The van der Waals surface area contributed by atoms with Crippen LogP contribution in [0.3, 0.4) is 0 Å². The Morgan fingerprint density at radius 3 is 1.40 bits per heavy atom. The van der Waals surface area contributed by atoms with E-state index >= 15 is 0 Å². The molecular weight excluding hydrogens is 476 g/mol. The molecule has 2 N–H and O–H groups in total. The fourth-order valence-corrected chi connectivity index (χ4v) is 4.85. The number of hydrogen-bond acceptors (Lipinski definition) is 9. The van der Waals surface area contributed by atoms with Crippen LogP contribution in [-0.2, 0) is 41.4 Å². The summed E-state index contributed by atoms with van der Waals surface area (Å²) >= 11 is 1.34. The first-order chi connectivity index (χ1) is 16.7. The Kier molecular flexibility index (Phi) is 10.4. The van der Waals surface area contributed by atoms with Crippen molar-refractivity contribution in [1.82, 2.24) is 9.97 Å². The van der Waals surface area contributed by atoms with Crippen LogP contribution in [0.4, 0.5) is 0 Å². The van der Waals surface area contributed by atoms with Crippen LogP contribution in [0.5, 0.6) is 0 Å².